The number of fused-ring (bicyclic) bond motifs is 4. The summed E-state index contributed by atoms with van der Waals surface area (Å²) in [5.74, 6) is 0.284. The number of carbonyl (C=O) groups is 3. The molecule has 0 spiro atoms. The van der Waals surface area contributed by atoms with Crippen LogP contribution in [0.3, 0.4) is 0 Å². The zero-order valence-corrected chi connectivity index (χ0v) is 25.1. The zero-order chi connectivity index (χ0) is 29.1. The van der Waals surface area contributed by atoms with E-state index >= 15 is 0 Å². The van der Waals surface area contributed by atoms with Gasteiger partial charge in [-0.25, -0.2) is 19.8 Å². The lowest BCUT2D eigenvalue weighted by Crippen LogP contribution is -2.54. The Morgan fingerprint density at radius 1 is 0.875 bits per heavy atom. The molecule has 8 heteroatoms. The van der Waals surface area contributed by atoms with Crippen molar-refractivity contribution in [3.05, 3.63) is 35.9 Å². The molecule has 4 fully saturated rings. The van der Waals surface area contributed by atoms with E-state index in [0.717, 1.165) is 43.5 Å². The Balaban J connectivity index is 1.41. The van der Waals surface area contributed by atoms with Crippen LogP contribution in [-0.4, -0.2) is 42.0 Å². The van der Waals surface area contributed by atoms with Gasteiger partial charge in [-0.15, -0.1) is 0 Å². The fourth-order valence-electron chi connectivity index (χ4n) is 8.51. The quantitative estimate of drug-likeness (QED) is 0.236. The first kappa shape index (κ1) is 28.7. The molecule has 1 aromatic carbocycles. The van der Waals surface area contributed by atoms with Crippen LogP contribution in [0.15, 0.2) is 30.3 Å². The minimum absolute atomic E-state index is 0.0269. The molecule has 4 aliphatic carbocycles. The van der Waals surface area contributed by atoms with Gasteiger partial charge in [0.05, 0.1) is 6.61 Å². The maximum atomic E-state index is 13.9. The Bertz CT molecular complexity index is 1150. The van der Waals surface area contributed by atoms with Gasteiger partial charge < -0.3 is 14.2 Å². The van der Waals surface area contributed by atoms with Gasteiger partial charge in [-0.05, 0) is 73.7 Å². The summed E-state index contributed by atoms with van der Waals surface area (Å²) < 4.78 is 17.5. The number of hydrogen-bond donors (Lipinski definition) is 1. The molecule has 40 heavy (non-hydrogen) atoms. The number of rotatable bonds is 6. The predicted octanol–water partition coefficient (Wildman–Crippen LogP) is 6.80. The molecule has 1 N–H and O–H groups in total. The highest BCUT2D eigenvalue weighted by atomic mass is 16.6. The average molecular weight is 555 g/mol. The fourth-order valence-corrected chi connectivity index (χ4v) is 8.51. The third kappa shape index (κ3) is 4.28. The smallest absolute Gasteiger partial charge is 0.430 e. The van der Waals surface area contributed by atoms with Crippen molar-refractivity contribution in [2.45, 2.75) is 105 Å². The molecule has 5 rings (SSSR count). The summed E-state index contributed by atoms with van der Waals surface area (Å²) in [6.07, 6.45) is 3.59. The van der Waals surface area contributed by atoms with Crippen LogP contribution in [0.2, 0.25) is 0 Å². The van der Waals surface area contributed by atoms with Crippen LogP contribution in [0.4, 0.5) is 9.59 Å². The Morgan fingerprint density at radius 3 is 1.85 bits per heavy atom. The lowest BCUT2D eigenvalue weighted by molar-refractivity contribution is -0.151. The molecule has 4 saturated carbocycles. The minimum atomic E-state index is -1.23. The summed E-state index contributed by atoms with van der Waals surface area (Å²) in [5, 5.41) is 0.985. The van der Waals surface area contributed by atoms with E-state index in [9.17, 15) is 14.4 Å². The van der Waals surface area contributed by atoms with E-state index in [2.05, 4.69) is 47.0 Å². The maximum Gasteiger partial charge on any atom is 0.430 e. The molecule has 0 saturated heterocycles. The molecule has 0 aromatic heterocycles. The summed E-state index contributed by atoms with van der Waals surface area (Å²) in [6.45, 7) is 15.2. The second-order valence-corrected chi connectivity index (χ2v) is 14.0. The molecule has 4 aliphatic rings. The summed E-state index contributed by atoms with van der Waals surface area (Å²) >= 11 is 0. The molecule has 220 valence electrons. The molecule has 1 aromatic rings. The number of esters is 1. The van der Waals surface area contributed by atoms with Crippen LogP contribution in [-0.2, 0) is 19.0 Å². The zero-order valence-electron chi connectivity index (χ0n) is 25.1. The molecular formula is C32H46N2O6. The summed E-state index contributed by atoms with van der Waals surface area (Å²) in [7, 11) is 0. The van der Waals surface area contributed by atoms with Crippen molar-refractivity contribution < 1.29 is 28.6 Å². The maximum absolute atomic E-state index is 13.9. The Morgan fingerprint density at radius 2 is 1.40 bits per heavy atom. The number of amides is 2. The first-order valence-electron chi connectivity index (χ1n) is 14.9. The summed E-state index contributed by atoms with van der Waals surface area (Å²) in [6, 6.07) is 7.62. The largest absolute Gasteiger partial charge is 0.464 e. The molecule has 4 bridgehead atoms. The van der Waals surface area contributed by atoms with Gasteiger partial charge in [0.25, 0.3) is 0 Å². The van der Waals surface area contributed by atoms with Crippen molar-refractivity contribution in [2.75, 3.05) is 6.61 Å². The van der Waals surface area contributed by atoms with Crippen molar-refractivity contribution in [3.8, 4) is 0 Å². The topological polar surface area (TPSA) is 94.2 Å². The first-order valence-corrected chi connectivity index (χ1v) is 14.9. The molecule has 0 radical (unpaired) electrons. The van der Waals surface area contributed by atoms with E-state index in [1.807, 2.05) is 6.07 Å². The molecular weight excluding hydrogens is 508 g/mol. The minimum Gasteiger partial charge on any atom is -0.464 e. The Kier molecular flexibility index (Phi) is 7.15. The molecule has 8 nitrogen and oxygen atoms in total. The third-order valence-electron chi connectivity index (χ3n) is 12.2. The van der Waals surface area contributed by atoms with Crippen LogP contribution in [0, 0.1) is 33.5 Å². The second kappa shape index (κ2) is 9.95. The van der Waals surface area contributed by atoms with Gasteiger partial charge in [0, 0.05) is 10.8 Å². The number of ether oxygens (including phenoxy) is 3. The SMILES string of the molecule is CCOC(=O)[C@@H](c1ccccc1)N(NC(=O)O[C@@H]1C[C@@H]2CC[C@@]1(C)C2(C)C)C(=O)O[C@@H]1C[C@@H]2CC[C@@]1(C)C2(C)C. The van der Waals surface area contributed by atoms with Gasteiger partial charge in [-0.2, -0.15) is 5.01 Å². The Hall–Kier alpha value is -2.77. The first-order chi connectivity index (χ1) is 18.8. The Labute approximate surface area is 238 Å². The number of nitrogens with zero attached hydrogens (tertiary/aromatic N) is 1. The third-order valence-corrected chi connectivity index (χ3v) is 12.2. The van der Waals surface area contributed by atoms with Gasteiger partial charge in [-0.3, -0.25) is 0 Å². The number of nitrogens with one attached hydrogen (secondary N) is 1. The van der Waals surface area contributed by atoms with Gasteiger partial charge in [0.2, 0.25) is 0 Å². The van der Waals surface area contributed by atoms with Crippen LogP contribution in [0.25, 0.3) is 0 Å². The predicted molar refractivity (Wildman–Crippen MR) is 150 cm³/mol. The number of hydrogen-bond acceptors (Lipinski definition) is 6. The molecule has 2 amide bonds. The fraction of sp³-hybridized carbons (Fsp3) is 0.719. The van der Waals surface area contributed by atoms with Crippen molar-refractivity contribution in [2.24, 2.45) is 33.5 Å². The molecule has 7 atom stereocenters. The van der Waals surface area contributed by atoms with Crippen LogP contribution in [0.1, 0.15) is 98.6 Å². The van der Waals surface area contributed by atoms with Crippen LogP contribution >= 0.6 is 0 Å². The van der Waals surface area contributed by atoms with Crippen molar-refractivity contribution >= 4 is 18.2 Å². The van der Waals surface area contributed by atoms with Gasteiger partial charge in [0.1, 0.15) is 12.2 Å². The monoisotopic (exact) mass is 554 g/mol. The van der Waals surface area contributed by atoms with Crippen molar-refractivity contribution in [1.82, 2.24) is 10.4 Å². The highest BCUT2D eigenvalue weighted by Gasteiger charge is 2.64. The van der Waals surface area contributed by atoms with Crippen molar-refractivity contribution in [1.29, 1.82) is 0 Å². The highest BCUT2D eigenvalue weighted by molar-refractivity contribution is 5.84. The van der Waals surface area contributed by atoms with Gasteiger partial charge in [0.15, 0.2) is 6.04 Å². The number of benzene rings is 1. The number of carbonyl (C=O) groups excluding carboxylic acids is 3. The molecule has 0 aliphatic heterocycles. The van der Waals surface area contributed by atoms with Gasteiger partial charge >= 0.3 is 18.2 Å². The van der Waals surface area contributed by atoms with E-state index in [0.29, 0.717) is 17.4 Å². The van der Waals surface area contributed by atoms with Crippen LogP contribution < -0.4 is 5.43 Å². The van der Waals surface area contributed by atoms with Crippen LogP contribution in [0.5, 0.6) is 0 Å². The average Bonchev–Trinajstić information content (AvgIpc) is 3.41. The lowest BCUT2D eigenvalue weighted by atomic mass is 9.70. The van der Waals surface area contributed by atoms with E-state index in [1.165, 1.54) is 0 Å². The summed E-state index contributed by atoms with van der Waals surface area (Å²) in [5.41, 5.74) is 2.88. The van der Waals surface area contributed by atoms with Gasteiger partial charge in [-0.1, -0.05) is 71.9 Å². The standard InChI is InChI=1S/C32H46N2O6/c1-8-38-26(35)25(20-12-10-9-11-13-20)34(28(37)40-24-19-22-15-17-32(24,7)30(22,4)5)33-27(36)39-23-18-21-14-16-31(23,6)29(21,2)3/h9-13,21-25H,8,14-19H2,1-7H3,(H,33,36)/t21-,22-,23+,24+,25+,31+,32+/m0/s1. The van der Waals surface area contributed by atoms with E-state index in [4.69, 9.17) is 14.2 Å². The van der Waals surface area contributed by atoms with E-state index in [-0.39, 0.29) is 40.5 Å². The normalized spacial score (nSPS) is 35.2. The van der Waals surface area contributed by atoms with E-state index in [1.54, 1.807) is 31.2 Å². The molecule has 0 heterocycles. The second-order valence-electron chi connectivity index (χ2n) is 14.0. The van der Waals surface area contributed by atoms with E-state index < -0.39 is 24.2 Å². The number of hydrazine groups is 1. The van der Waals surface area contributed by atoms with Crippen molar-refractivity contribution in [3.63, 3.8) is 0 Å². The molecule has 0 unspecified atom stereocenters. The highest BCUT2D eigenvalue weighted by Crippen LogP contribution is 2.67. The lowest BCUT2D eigenvalue weighted by Gasteiger charge is -2.40. The summed E-state index contributed by atoms with van der Waals surface area (Å²) in [4.78, 5) is 40.7.